The Kier molecular flexibility index (Phi) is 6.74. The Morgan fingerprint density at radius 3 is 2.19 bits per heavy atom. The van der Waals surface area contributed by atoms with Gasteiger partial charge in [-0.2, -0.15) is 0 Å². The first-order chi connectivity index (χ1) is 12.6. The molecule has 150 valence electrons. The van der Waals surface area contributed by atoms with E-state index in [1.807, 2.05) is 4.90 Å². The molecule has 0 unspecified atom stereocenters. The van der Waals surface area contributed by atoms with Gasteiger partial charge in [0.25, 0.3) is 0 Å². The molecule has 2 N–H and O–H groups in total. The molecule has 3 aliphatic heterocycles. The molecule has 1 spiro atoms. The molecule has 26 heavy (non-hydrogen) atoms. The van der Waals surface area contributed by atoms with Crippen LogP contribution in [0.15, 0.2) is 0 Å². The van der Waals surface area contributed by atoms with Gasteiger partial charge in [0.2, 0.25) is 0 Å². The first kappa shape index (κ1) is 19.8. The Balaban J connectivity index is 1.44. The number of rotatable bonds is 7. The summed E-state index contributed by atoms with van der Waals surface area (Å²) in [7, 11) is 0. The van der Waals surface area contributed by atoms with Gasteiger partial charge in [-0.15, -0.1) is 0 Å². The van der Waals surface area contributed by atoms with E-state index in [-0.39, 0.29) is 30.9 Å². The van der Waals surface area contributed by atoms with Crippen LogP contribution >= 0.6 is 0 Å². The lowest BCUT2D eigenvalue weighted by molar-refractivity contribution is -0.0262. The Morgan fingerprint density at radius 2 is 1.62 bits per heavy atom. The largest absolute Gasteiger partial charge is 0.441 e. The van der Waals surface area contributed by atoms with Crippen LogP contribution in [0, 0.1) is 0 Å². The van der Waals surface area contributed by atoms with Crippen molar-refractivity contribution < 1.29 is 19.7 Å². The minimum absolute atomic E-state index is 0.0410. The average Bonchev–Trinajstić information content (AvgIpc) is 2.98. The van der Waals surface area contributed by atoms with Crippen LogP contribution in [-0.2, 0) is 4.74 Å². The molecule has 0 atom stereocenters. The van der Waals surface area contributed by atoms with Crippen LogP contribution in [-0.4, -0.2) is 126 Å². The number of carbonyl (C=O) groups is 1. The number of aliphatic hydroxyl groups is 2. The van der Waals surface area contributed by atoms with Crippen LogP contribution in [0.5, 0.6) is 0 Å². The van der Waals surface area contributed by atoms with Crippen molar-refractivity contribution in [2.24, 2.45) is 0 Å². The Hall–Kier alpha value is -0.930. The fourth-order valence-electron chi connectivity index (χ4n) is 4.30. The summed E-state index contributed by atoms with van der Waals surface area (Å²) in [6.07, 6.45) is 1.34. The van der Waals surface area contributed by atoms with Crippen molar-refractivity contribution in [3.8, 4) is 0 Å². The summed E-state index contributed by atoms with van der Waals surface area (Å²) < 4.78 is 5.78. The Labute approximate surface area is 156 Å². The summed E-state index contributed by atoms with van der Waals surface area (Å²) in [6, 6.07) is -0.206. The molecule has 1 amide bonds. The van der Waals surface area contributed by atoms with E-state index in [1.165, 1.54) is 0 Å². The van der Waals surface area contributed by atoms with Crippen molar-refractivity contribution in [3.63, 3.8) is 0 Å². The monoisotopic (exact) mass is 370 g/mol. The van der Waals surface area contributed by atoms with Crippen LogP contribution in [0.25, 0.3) is 0 Å². The molecule has 8 heteroatoms. The normalized spacial score (nSPS) is 25.4. The lowest BCUT2D eigenvalue weighted by Gasteiger charge is -2.40. The highest BCUT2D eigenvalue weighted by atomic mass is 16.6. The molecule has 0 aromatic heterocycles. The van der Waals surface area contributed by atoms with Gasteiger partial charge >= 0.3 is 6.09 Å². The first-order valence-corrected chi connectivity index (χ1v) is 9.97. The SMILES string of the molecule is CCN1CCN(CCN2CC3(CCN(C(CO)CO)CC3)OC2=O)CC1. The van der Waals surface area contributed by atoms with E-state index in [4.69, 9.17) is 4.74 Å². The van der Waals surface area contributed by atoms with Crippen molar-refractivity contribution >= 4 is 6.09 Å². The molecule has 8 nitrogen and oxygen atoms in total. The smallest absolute Gasteiger partial charge is 0.410 e. The van der Waals surface area contributed by atoms with Crippen LogP contribution in [0.4, 0.5) is 4.79 Å². The van der Waals surface area contributed by atoms with Crippen molar-refractivity contribution in [2.45, 2.75) is 31.4 Å². The van der Waals surface area contributed by atoms with E-state index in [1.54, 1.807) is 0 Å². The number of hydrogen-bond donors (Lipinski definition) is 2. The van der Waals surface area contributed by atoms with Gasteiger partial charge in [0.1, 0.15) is 5.60 Å². The van der Waals surface area contributed by atoms with Gasteiger partial charge in [-0.25, -0.2) is 4.79 Å². The van der Waals surface area contributed by atoms with E-state index in [2.05, 4.69) is 21.6 Å². The van der Waals surface area contributed by atoms with E-state index in [0.717, 1.165) is 71.7 Å². The average molecular weight is 370 g/mol. The van der Waals surface area contributed by atoms with E-state index < -0.39 is 0 Å². The van der Waals surface area contributed by atoms with Crippen LogP contribution in [0.1, 0.15) is 19.8 Å². The molecule has 0 saturated carbocycles. The zero-order valence-corrected chi connectivity index (χ0v) is 16.0. The van der Waals surface area contributed by atoms with Crippen LogP contribution in [0.3, 0.4) is 0 Å². The number of carbonyl (C=O) groups excluding carboxylic acids is 1. The van der Waals surface area contributed by atoms with E-state index in [9.17, 15) is 15.0 Å². The summed E-state index contributed by atoms with van der Waals surface area (Å²) in [5, 5.41) is 18.7. The summed E-state index contributed by atoms with van der Waals surface area (Å²) >= 11 is 0. The Bertz CT molecular complexity index is 458. The number of aliphatic hydroxyl groups excluding tert-OH is 2. The summed E-state index contributed by atoms with van der Waals surface area (Å²) in [6.45, 7) is 11.4. The molecule has 3 rings (SSSR count). The third kappa shape index (κ3) is 4.48. The van der Waals surface area contributed by atoms with Crippen molar-refractivity contribution in [1.82, 2.24) is 19.6 Å². The number of nitrogens with zero attached hydrogens (tertiary/aromatic N) is 4. The second kappa shape index (κ2) is 8.84. The van der Waals surface area contributed by atoms with Gasteiger partial charge in [-0.1, -0.05) is 6.92 Å². The zero-order valence-electron chi connectivity index (χ0n) is 16.0. The number of ether oxygens (including phenoxy) is 1. The molecule has 0 radical (unpaired) electrons. The van der Waals surface area contributed by atoms with Gasteiger partial charge in [0.05, 0.1) is 25.8 Å². The minimum Gasteiger partial charge on any atom is -0.441 e. The maximum absolute atomic E-state index is 12.3. The van der Waals surface area contributed by atoms with Crippen molar-refractivity contribution in [1.29, 1.82) is 0 Å². The maximum atomic E-state index is 12.3. The first-order valence-electron chi connectivity index (χ1n) is 9.97. The highest BCUT2D eigenvalue weighted by molar-refractivity contribution is 5.70. The minimum atomic E-state index is -0.385. The highest BCUT2D eigenvalue weighted by Crippen LogP contribution is 2.33. The highest BCUT2D eigenvalue weighted by Gasteiger charge is 2.47. The lowest BCUT2D eigenvalue weighted by atomic mass is 9.90. The molecule has 0 aliphatic carbocycles. The van der Waals surface area contributed by atoms with Gasteiger partial charge < -0.3 is 24.7 Å². The summed E-state index contributed by atoms with van der Waals surface area (Å²) in [5.74, 6) is 0. The van der Waals surface area contributed by atoms with Crippen molar-refractivity contribution in [3.05, 3.63) is 0 Å². The Morgan fingerprint density at radius 1 is 1.00 bits per heavy atom. The summed E-state index contributed by atoms with van der Waals surface area (Å²) in [5.41, 5.74) is -0.385. The molecular weight excluding hydrogens is 336 g/mol. The van der Waals surface area contributed by atoms with E-state index >= 15 is 0 Å². The predicted molar refractivity (Wildman–Crippen MR) is 98.1 cm³/mol. The van der Waals surface area contributed by atoms with Crippen LogP contribution in [0.2, 0.25) is 0 Å². The summed E-state index contributed by atoms with van der Waals surface area (Å²) in [4.78, 5) is 21.2. The zero-order chi connectivity index (χ0) is 18.6. The molecule has 3 fully saturated rings. The molecule has 0 aromatic rings. The second-order valence-corrected chi connectivity index (χ2v) is 7.80. The second-order valence-electron chi connectivity index (χ2n) is 7.80. The molecular formula is C18H34N4O4. The quantitative estimate of drug-likeness (QED) is 0.611. The third-order valence-corrected chi connectivity index (χ3v) is 6.29. The third-order valence-electron chi connectivity index (χ3n) is 6.29. The number of piperidine rings is 1. The molecule has 3 saturated heterocycles. The maximum Gasteiger partial charge on any atom is 0.410 e. The predicted octanol–water partition coefficient (Wildman–Crippen LogP) is -0.736. The number of piperazine rings is 1. The number of likely N-dealkylation sites (N-methyl/N-ethyl adjacent to an activating group) is 1. The molecule has 3 heterocycles. The standard InChI is InChI=1S/C18H34N4O4/c1-2-19-7-9-20(10-8-19)11-12-22-15-18(26-17(22)25)3-5-21(6-4-18)16(13-23)14-24/h16,23-24H,2-15H2,1H3. The fourth-order valence-corrected chi connectivity index (χ4v) is 4.30. The lowest BCUT2D eigenvalue weighted by Crippen LogP contribution is -2.52. The van der Waals surface area contributed by atoms with Crippen molar-refractivity contribution in [2.75, 3.05) is 78.7 Å². The van der Waals surface area contributed by atoms with Gasteiger partial charge in [-0.3, -0.25) is 9.80 Å². The molecule has 0 aromatic carbocycles. The number of hydrogen-bond acceptors (Lipinski definition) is 7. The van der Waals surface area contributed by atoms with Gasteiger partial charge in [0, 0.05) is 65.2 Å². The van der Waals surface area contributed by atoms with Gasteiger partial charge in [-0.05, 0) is 6.54 Å². The topological polar surface area (TPSA) is 79.7 Å². The van der Waals surface area contributed by atoms with E-state index in [0.29, 0.717) is 6.54 Å². The fraction of sp³-hybridized carbons (Fsp3) is 0.944. The number of amides is 1. The van der Waals surface area contributed by atoms with Crippen LogP contribution < -0.4 is 0 Å². The number of likely N-dealkylation sites (tertiary alicyclic amines) is 1. The molecule has 3 aliphatic rings. The molecule has 0 bridgehead atoms. The van der Waals surface area contributed by atoms with Gasteiger partial charge in [0.15, 0.2) is 0 Å².